The smallest absolute Gasteiger partial charge is 0.316 e. The van der Waals surface area contributed by atoms with Crippen molar-refractivity contribution in [2.45, 2.75) is 66.7 Å². The fraction of sp³-hybridized carbons (Fsp3) is 0.636. The average molecular weight is 360 g/mol. The lowest BCUT2D eigenvalue weighted by Gasteiger charge is -2.28. The zero-order valence-corrected chi connectivity index (χ0v) is 16.9. The number of benzene rings is 1. The van der Waals surface area contributed by atoms with Crippen LogP contribution < -0.4 is 9.64 Å². The number of anilines is 1. The van der Waals surface area contributed by atoms with Crippen molar-refractivity contribution in [3.8, 4) is 5.75 Å². The Morgan fingerprint density at radius 3 is 2.35 bits per heavy atom. The van der Waals surface area contributed by atoms with E-state index in [2.05, 4.69) is 13.8 Å². The minimum absolute atomic E-state index is 0.0912. The molecule has 1 aromatic rings. The number of amides is 1. The molecule has 1 fully saturated rings. The molecule has 1 saturated carbocycles. The molecule has 0 aliphatic heterocycles. The third-order valence-corrected chi connectivity index (χ3v) is 4.87. The van der Waals surface area contributed by atoms with Crippen molar-refractivity contribution in [3.05, 3.63) is 24.3 Å². The minimum atomic E-state index is -0.592. The highest BCUT2D eigenvalue weighted by molar-refractivity contribution is 5.97. The largest absolute Gasteiger partial charge is 0.424 e. The van der Waals surface area contributed by atoms with Crippen molar-refractivity contribution in [2.24, 2.45) is 17.3 Å². The zero-order valence-electron chi connectivity index (χ0n) is 16.9. The fourth-order valence-electron chi connectivity index (χ4n) is 3.15. The van der Waals surface area contributed by atoms with Gasteiger partial charge in [-0.1, -0.05) is 38.8 Å². The molecular weight excluding hydrogens is 326 g/mol. The van der Waals surface area contributed by atoms with E-state index in [9.17, 15) is 9.59 Å². The lowest BCUT2D eigenvalue weighted by atomic mass is 9.97. The molecule has 0 saturated heterocycles. The molecule has 0 atom stereocenters. The number of para-hydroxylation sites is 2. The Balaban J connectivity index is 2.31. The second-order valence-corrected chi connectivity index (χ2v) is 8.76. The molecule has 0 radical (unpaired) electrons. The Bertz CT molecular complexity index is 625. The quantitative estimate of drug-likeness (QED) is 0.517. The first-order valence-electron chi connectivity index (χ1n) is 9.83. The Morgan fingerprint density at radius 2 is 1.77 bits per heavy atom. The van der Waals surface area contributed by atoms with Crippen LogP contribution in [0.5, 0.6) is 5.75 Å². The minimum Gasteiger partial charge on any atom is -0.424 e. The molecule has 0 heterocycles. The monoisotopic (exact) mass is 359 g/mol. The van der Waals surface area contributed by atoms with Gasteiger partial charge in [0.15, 0.2) is 5.75 Å². The van der Waals surface area contributed by atoms with Crippen molar-refractivity contribution in [3.63, 3.8) is 0 Å². The molecule has 0 N–H and O–H groups in total. The molecule has 0 bridgehead atoms. The number of rotatable bonds is 6. The molecule has 1 amide bonds. The summed E-state index contributed by atoms with van der Waals surface area (Å²) in [4.78, 5) is 27.4. The van der Waals surface area contributed by atoms with Crippen molar-refractivity contribution >= 4 is 17.6 Å². The molecule has 0 spiro atoms. The van der Waals surface area contributed by atoms with Crippen LogP contribution in [-0.2, 0) is 9.59 Å². The SMILES string of the molecule is CC(C)CCN(C(=O)C1CCCC1)c1ccccc1OC(=O)C(C)(C)C. The summed E-state index contributed by atoms with van der Waals surface area (Å²) in [5.41, 5.74) is 0.119. The highest BCUT2D eigenvalue weighted by Crippen LogP contribution is 2.34. The molecule has 1 aliphatic rings. The van der Waals surface area contributed by atoms with E-state index in [4.69, 9.17) is 4.74 Å². The molecule has 4 nitrogen and oxygen atoms in total. The molecule has 0 aromatic heterocycles. The second-order valence-electron chi connectivity index (χ2n) is 8.76. The van der Waals surface area contributed by atoms with Crippen LogP contribution in [0, 0.1) is 17.3 Å². The first-order valence-corrected chi connectivity index (χ1v) is 9.83. The first-order chi connectivity index (χ1) is 12.2. The van der Waals surface area contributed by atoms with Crippen LogP contribution in [0.1, 0.15) is 66.7 Å². The van der Waals surface area contributed by atoms with Crippen LogP contribution in [0.15, 0.2) is 24.3 Å². The summed E-state index contributed by atoms with van der Waals surface area (Å²) in [6.45, 7) is 10.5. The summed E-state index contributed by atoms with van der Waals surface area (Å²) >= 11 is 0. The summed E-state index contributed by atoms with van der Waals surface area (Å²) in [6, 6.07) is 7.41. The molecule has 26 heavy (non-hydrogen) atoms. The zero-order chi connectivity index (χ0) is 19.3. The average Bonchev–Trinajstić information content (AvgIpc) is 3.09. The summed E-state index contributed by atoms with van der Waals surface area (Å²) in [5, 5.41) is 0. The number of carbonyl (C=O) groups excluding carboxylic acids is 2. The lowest BCUT2D eigenvalue weighted by Crippen LogP contribution is -2.37. The van der Waals surface area contributed by atoms with E-state index >= 15 is 0 Å². The molecule has 4 heteroatoms. The lowest BCUT2D eigenvalue weighted by molar-refractivity contribution is -0.143. The van der Waals surface area contributed by atoms with Crippen molar-refractivity contribution < 1.29 is 14.3 Å². The molecule has 2 rings (SSSR count). The number of nitrogens with zero attached hydrogens (tertiary/aromatic N) is 1. The van der Waals surface area contributed by atoms with Crippen molar-refractivity contribution in [2.75, 3.05) is 11.4 Å². The maximum absolute atomic E-state index is 13.2. The van der Waals surface area contributed by atoms with Gasteiger partial charge in [-0.3, -0.25) is 9.59 Å². The van der Waals surface area contributed by atoms with Gasteiger partial charge < -0.3 is 9.64 Å². The predicted molar refractivity (Wildman–Crippen MR) is 105 cm³/mol. The van der Waals surface area contributed by atoms with E-state index in [0.717, 1.165) is 32.1 Å². The van der Waals surface area contributed by atoms with Gasteiger partial charge in [-0.25, -0.2) is 0 Å². The number of esters is 1. The molecule has 1 aromatic carbocycles. The highest BCUT2D eigenvalue weighted by Gasteiger charge is 2.31. The van der Waals surface area contributed by atoms with E-state index in [0.29, 0.717) is 23.9 Å². The standard InChI is InChI=1S/C22H33NO3/c1-16(2)14-15-23(20(24)17-10-6-7-11-17)18-12-8-9-13-19(18)26-21(25)22(3,4)5/h8-9,12-13,16-17H,6-7,10-11,14-15H2,1-5H3. The van der Waals surface area contributed by atoms with E-state index < -0.39 is 5.41 Å². The first kappa shape index (κ1) is 20.5. The molecular formula is C22H33NO3. The van der Waals surface area contributed by atoms with Crippen LogP contribution in [-0.4, -0.2) is 18.4 Å². The topological polar surface area (TPSA) is 46.6 Å². The number of hydrogen-bond acceptors (Lipinski definition) is 3. The highest BCUT2D eigenvalue weighted by atomic mass is 16.5. The molecule has 0 unspecified atom stereocenters. The van der Waals surface area contributed by atoms with Gasteiger partial charge in [-0.15, -0.1) is 0 Å². The summed E-state index contributed by atoms with van der Waals surface area (Å²) in [7, 11) is 0. The fourth-order valence-corrected chi connectivity index (χ4v) is 3.15. The van der Waals surface area contributed by atoms with Gasteiger partial charge >= 0.3 is 5.97 Å². The van der Waals surface area contributed by atoms with Crippen LogP contribution in [0.25, 0.3) is 0 Å². The van der Waals surface area contributed by atoms with Crippen LogP contribution >= 0.6 is 0 Å². The number of hydrogen-bond donors (Lipinski definition) is 0. The summed E-state index contributed by atoms with van der Waals surface area (Å²) < 4.78 is 5.68. The van der Waals surface area contributed by atoms with E-state index in [1.165, 1.54) is 0 Å². The van der Waals surface area contributed by atoms with Gasteiger partial charge in [-0.2, -0.15) is 0 Å². The Labute approximate surface area is 157 Å². The Hall–Kier alpha value is -1.84. The summed E-state index contributed by atoms with van der Waals surface area (Å²) in [6.07, 6.45) is 5.08. The predicted octanol–water partition coefficient (Wildman–Crippen LogP) is 5.21. The van der Waals surface area contributed by atoms with Crippen LogP contribution in [0.3, 0.4) is 0 Å². The van der Waals surface area contributed by atoms with Gasteiger partial charge in [0.1, 0.15) is 0 Å². The van der Waals surface area contributed by atoms with Gasteiger partial charge in [0.2, 0.25) is 5.91 Å². The van der Waals surface area contributed by atoms with E-state index in [1.54, 1.807) is 6.07 Å². The maximum atomic E-state index is 13.2. The van der Waals surface area contributed by atoms with Crippen molar-refractivity contribution in [1.29, 1.82) is 0 Å². The molecule has 144 valence electrons. The normalized spacial score (nSPS) is 15.3. The van der Waals surface area contributed by atoms with Crippen LogP contribution in [0.4, 0.5) is 5.69 Å². The third kappa shape index (κ3) is 5.33. The van der Waals surface area contributed by atoms with Gasteiger partial charge in [0, 0.05) is 12.5 Å². The number of carbonyl (C=O) groups is 2. The van der Waals surface area contributed by atoms with Gasteiger partial charge in [0.05, 0.1) is 11.1 Å². The Kier molecular flexibility index (Phi) is 6.85. The second kappa shape index (κ2) is 8.70. The van der Waals surface area contributed by atoms with E-state index in [-0.39, 0.29) is 17.8 Å². The van der Waals surface area contributed by atoms with Gasteiger partial charge in [-0.05, 0) is 58.1 Å². The maximum Gasteiger partial charge on any atom is 0.316 e. The van der Waals surface area contributed by atoms with E-state index in [1.807, 2.05) is 43.9 Å². The third-order valence-electron chi connectivity index (χ3n) is 4.87. The number of ether oxygens (including phenoxy) is 1. The summed E-state index contributed by atoms with van der Waals surface area (Å²) in [5.74, 6) is 0.943. The molecule has 1 aliphatic carbocycles. The van der Waals surface area contributed by atoms with Crippen molar-refractivity contribution in [1.82, 2.24) is 0 Å². The van der Waals surface area contributed by atoms with Crippen LogP contribution in [0.2, 0.25) is 0 Å². The Morgan fingerprint density at radius 1 is 1.15 bits per heavy atom. The van der Waals surface area contributed by atoms with Gasteiger partial charge in [0.25, 0.3) is 0 Å².